The Kier molecular flexibility index (Phi) is 6.80. The monoisotopic (exact) mass is 270 g/mol. The summed E-state index contributed by atoms with van der Waals surface area (Å²) in [6.45, 7) is 9.71. The van der Waals surface area contributed by atoms with Crippen molar-refractivity contribution in [3.63, 3.8) is 0 Å². The van der Waals surface area contributed by atoms with E-state index in [4.69, 9.17) is 0 Å². The van der Waals surface area contributed by atoms with E-state index in [1.165, 1.54) is 0 Å². The molecule has 0 aromatic carbocycles. The van der Waals surface area contributed by atoms with Gasteiger partial charge in [-0.1, -0.05) is 13.8 Å². The highest BCUT2D eigenvalue weighted by Crippen LogP contribution is 1.98. The molecule has 3 N–H and O–H groups in total. The molecule has 0 saturated carbocycles. The highest BCUT2D eigenvalue weighted by molar-refractivity contribution is 5.95. The zero-order valence-corrected chi connectivity index (χ0v) is 12.2. The van der Waals surface area contributed by atoms with Gasteiger partial charge in [0.05, 0.1) is 6.54 Å². The third-order valence-electron chi connectivity index (χ3n) is 3.08. The van der Waals surface area contributed by atoms with Crippen molar-refractivity contribution in [2.45, 2.75) is 33.2 Å². The van der Waals surface area contributed by atoms with Gasteiger partial charge < -0.3 is 10.6 Å². The lowest BCUT2D eigenvalue weighted by Crippen LogP contribution is -2.53. The maximum Gasteiger partial charge on any atom is 0.321 e. The van der Waals surface area contributed by atoms with E-state index in [0.717, 1.165) is 26.1 Å². The fourth-order valence-electron chi connectivity index (χ4n) is 2.04. The van der Waals surface area contributed by atoms with Crippen molar-refractivity contribution in [1.82, 2.24) is 20.9 Å². The minimum atomic E-state index is -0.395. The Morgan fingerprint density at radius 1 is 1.42 bits per heavy atom. The van der Waals surface area contributed by atoms with Crippen LogP contribution in [0.15, 0.2) is 0 Å². The van der Waals surface area contributed by atoms with Gasteiger partial charge in [-0.25, -0.2) is 4.79 Å². The highest BCUT2D eigenvalue weighted by atomic mass is 16.2. The van der Waals surface area contributed by atoms with Crippen molar-refractivity contribution in [2.24, 2.45) is 5.92 Å². The van der Waals surface area contributed by atoms with Gasteiger partial charge in [0, 0.05) is 32.2 Å². The van der Waals surface area contributed by atoms with Crippen LogP contribution in [0.5, 0.6) is 0 Å². The summed E-state index contributed by atoms with van der Waals surface area (Å²) in [5, 5.41) is 8.37. The zero-order valence-electron chi connectivity index (χ0n) is 12.2. The average molecular weight is 270 g/mol. The van der Waals surface area contributed by atoms with Gasteiger partial charge in [-0.2, -0.15) is 0 Å². The topological polar surface area (TPSA) is 73.5 Å². The van der Waals surface area contributed by atoms with Crippen LogP contribution in [0.1, 0.15) is 27.2 Å². The Morgan fingerprint density at radius 3 is 2.79 bits per heavy atom. The van der Waals surface area contributed by atoms with E-state index in [1.807, 2.05) is 0 Å². The molecule has 0 aromatic heterocycles. The number of carbonyl (C=O) groups is 2. The molecular formula is C13H26N4O2. The molecule has 1 saturated heterocycles. The van der Waals surface area contributed by atoms with Crippen LogP contribution < -0.4 is 16.0 Å². The molecule has 3 amide bonds. The van der Waals surface area contributed by atoms with Crippen molar-refractivity contribution in [3.05, 3.63) is 0 Å². The molecule has 6 heteroatoms. The number of hydrogen-bond donors (Lipinski definition) is 3. The van der Waals surface area contributed by atoms with Crippen LogP contribution in [0.2, 0.25) is 0 Å². The van der Waals surface area contributed by atoms with Crippen LogP contribution in [0.3, 0.4) is 0 Å². The second-order valence-corrected chi connectivity index (χ2v) is 5.58. The Labute approximate surface area is 115 Å². The molecule has 1 aliphatic rings. The molecular weight excluding hydrogens is 244 g/mol. The maximum atomic E-state index is 11.7. The number of nitrogens with zero attached hydrogens (tertiary/aromatic N) is 1. The number of carbonyl (C=O) groups excluding carboxylic acids is 2. The van der Waals surface area contributed by atoms with E-state index >= 15 is 0 Å². The number of hydrogen-bond acceptors (Lipinski definition) is 4. The average Bonchev–Trinajstić information content (AvgIpc) is 2.27. The van der Waals surface area contributed by atoms with E-state index in [0.29, 0.717) is 18.5 Å². The Hall–Kier alpha value is -1.14. The molecule has 19 heavy (non-hydrogen) atoms. The molecule has 110 valence electrons. The van der Waals surface area contributed by atoms with Gasteiger partial charge in [-0.15, -0.1) is 0 Å². The molecule has 0 spiro atoms. The second kappa shape index (κ2) is 8.12. The number of urea groups is 1. The summed E-state index contributed by atoms with van der Waals surface area (Å²) in [5.41, 5.74) is 0. The van der Waals surface area contributed by atoms with E-state index in [-0.39, 0.29) is 12.5 Å². The molecule has 1 heterocycles. The van der Waals surface area contributed by atoms with Crippen molar-refractivity contribution >= 4 is 11.9 Å². The smallest absolute Gasteiger partial charge is 0.321 e. The number of nitrogens with one attached hydrogen (secondary N) is 3. The number of imide groups is 1. The fourth-order valence-corrected chi connectivity index (χ4v) is 2.04. The summed E-state index contributed by atoms with van der Waals surface area (Å²) >= 11 is 0. The Balaban J connectivity index is 2.17. The molecule has 6 nitrogen and oxygen atoms in total. The van der Waals surface area contributed by atoms with Crippen LogP contribution in [0, 0.1) is 5.92 Å². The summed E-state index contributed by atoms with van der Waals surface area (Å²) in [7, 11) is 0. The van der Waals surface area contributed by atoms with Crippen molar-refractivity contribution in [1.29, 1.82) is 0 Å². The van der Waals surface area contributed by atoms with E-state index in [2.05, 4.69) is 41.6 Å². The van der Waals surface area contributed by atoms with Gasteiger partial charge in [0.2, 0.25) is 5.91 Å². The molecule has 0 aromatic rings. The molecule has 1 atom stereocenters. The van der Waals surface area contributed by atoms with Gasteiger partial charge in [0.1, 0.15) is 0 Å². The minimum absolute atomic E-state index is 0.240. The lowest BCUT2D eigenvalue weighted by Gasteiger charge is -2.31. The summed E-state index contributed by atoms with van der Waals surface area (Å²) in [6, 6.07) is -0.00440. The van der Waals surface area contributed by atoms with Crippen molar-refractivity contribution in [2.75, 3.05) is 32.7 Å². The van der Waals surface area contributed by atoms with Gasteiger partial charge >= 0.3 is 6.03 Å². The molecule has 1 rings (SSSR count). The third kappa shape index (κ3) is 7.12. The molecule has 1 unspecified atom stereocenters. The third-order valence-corrected chi connectivity index (χ3v) is 3.08. The molecule has 1 aliphatic heterocycles. The standard InChI is InChI=1S/C13H26N4O2/c1-10(2)4-5-15-13(19)16-12(18)9-17-7-6-14-11(3)8-17/h10-11,14H,4-9H2,1-3H3,(H2,15,16,18,19). The summed E-state index contributed by atoms with van der Waals surface area (Å²) in [5.74, 6) is 0.300. The van der Waals surface area contributed by atoms with Gasteiger partial charge in [-0.05, 0) is 19.3 Å². The first-order valence-corrected chi connectivity index (χ1v) is 7.00. The normalized spacial score (nSPS) is 20.3. The lowest BCUT2D eigenvalue weighted by molar-refractivity contribution is -0.121. The zero-order chi connectivity index (χ0) is 14.3. The summed E-state index contributed by atoms with van der Waals surface area (Å²) in [6.07, 6.45) is 0.914. The van der Waals surface area contributed by atoms with Crippen LogP contribution in [-0.4, -0.2) is 55.6 Å². The van der Waals surface area contributed by atoms with E-state index < -0.39 is 6.03 Å². The summed E-state index contributed by atoms with van der Waals surface area (Å²) < 4.78 is 0. The fraction of sp³-hybridized carbons (Fsp3) is 0.846. The SMILES string of the molecule is CC(C)CCNC(=O)NC(=O)CN1CCNC(C)C1. The molecule has 1 fully saturated rings. The number of amides is 3. The predicted octanol–water partition coefficient (Wildman–Crippen LogP) is 0.152. The lowest BCUT2D eigenvalue weighted by atomic mass is 10.1. The van der Waals surface area contributed by atoms with E-state index in [1.54, 1.807) is 0 Å². The van der Waals surface area contributed by atoms with Gasteiger partial charge in [0.25, 0.3) is 0 Å². The van der Waals surface area contributed by atoms with Crippen LogP contribution in [0.4, 0.5) is 4.79 Å². The van der Waals surface area contributed by atoms with Gasteiger partial charge in [0.15, 0.2) is 0 Å². The minimum Gasteiger partial charge on any atom is -0.338 e. The Bertz CT molecular complexity index is 307. The number of rotatable bonds is 5. The van der Waals surface area contributed by atoms with Gasteiger partial charge in [-0.3, -0.25) is 15.0 Å². The molecule has 0 aliphatic carbocycles. The predicted molar refractivity (Wildman–Crippen MR) is 74.9 cm³/mol. The largest absolute Gasteiger partial charge is 0.338 e. The first-order valence-electron chi connectivity index (χ1n) is 7.00. The Morgan fingerprint density at radius 2 is 2.16 bits per heavy atom. The first kappa shape index (κ1) is 15.9. The molecule has 0 radical (unpaired) electrons. The van der Waals surface area contributed by atoms with Crippen LogP contribution >= 0.6 is 0 Å². The van der Waals surface area contributed by atoms with E-state index in [9.17, 15) is 9.59 Å². The van der Waals surface area contributed by atoms with Crippen LogP contribution in [-0.2, 0) is 4.79 Å². The summed E-state index contributed by atoms with van der Waals surface area (Å²) in [4.78, 5) is 25.2. The first-order chi connectivity index (χ1) is 8.97. The quantitative estimate of drug-likeness (QED) is 0.665. The van der Waals surface area contributed by atoms with Crippen molar-refractivity contribution < 1.29 is 9.59 Å². The molecule has 0 bridgehead atoms. The highest BCUT2D eigenvalue weighted by Gasteiger charge is 2.18. The van der Waals surface area contributed by atoms with Crippen molar-refractivity contribution in [3.8, 4) is 0 Å². The van der Waals surface area contributed by atoms with Crippen LogP contribution in [0.25, 0.3) is 0 Å². The second-order valence-electron chi connectivity index (χ2n) is 5.58. The maximum absolute atomic E-state index is 11.7. The number of piperazine rings is 1.